The van der Waals surface area contributed by atoms with Crippen LogP contribution in [0.2, 0.25) is 0 Å². The van der Waals surface area contributed by atoms with Gasteiger partial charge in [0.15, 0.2) is 6.61 Å². The fraction of sp³-hybridized carbons (Fsp3) is 0.500. The molecule has 2 aromatic rings. The predicted octanol–water partition coefficient (Wildman–Crippen LogP) is 3.42. The first-order chi connectivity index (χ1) is 14.9. The molecule has 0 radical (unpaired) electrons. The minimum absolute atomic E-state index is 0.0383. The van der Waals surface area contributed by atoms with Gasteiger partial charge in [-0.2, -0.15) is 8.78 Å². The highest BCUT2D eigenvalue weighted by atomic mass is 19.3. The lowest BCUT2D eigenvalue weighted by atomic mass is 9.97. The standard InChI is InChI=1S/C22H28F2N4O3/c1-15-4-3-5-16(2)28(15)20(29)14-31-18-8-6-17(7-9-18)21(30)26-11-10-19-25-12-13-27(19)22(23)24/h6-9,12-13,15-16,22H,3-5,10-11,14H2,1-2H3,(H,26,30). The molecule has 1 fully saturated rings. The van der Waals surface area contributed by atoms with E-state index in [1.54, 1.807) is 24.3 Å². The quantitative estimate of drug-likeness (QED) is 0.691. The van der Waals surface area contributed by atoms with Gasteiger partial charge in [0.2, 0.25) is 0 Å². The molecule has 2 unspecified atom stereocenters. The summed E-state index contributed by atoms with van der Waals surface area (Å²) in [6.07, 6.45) is 5.84. The summed E-state index contributed by atoms with van der Waals surface area (Å²) < 4.78 is 32.0. The lowest BCUT2D eigenvalue weighted by Crippen LogP contribution is -2.49. The minimum atomic E-state index is -2.66. The average molecular weight is 434 g/mol. The van der Waals surface area contributed by atoms with Gasteiger partial charge in [-0.3, -0.25) is 14.2 Å². The minimum Gasteiger partial charge on any atom is -0.484 e. The van der Waals surface area contributed by atoms with Crippen molar-refractivity contribution in [3.05, 3.63) is 48.0 Å². The molecule has 1 aromatic heterocycles. The van der Waals surface area contributed by atoms with Gasteiger partial charge in [-0.05, 0) is 57.4 Å². The van der Waals surface area contributed by atoms with E-state index in [0.29, 0.717) is 11.3 Å². The molecule has 1 N–H and O–H groups in total. The number of imidazole rings is 1. The molecule has 0 aliphatic carbocycles. The Bertz CT molecular complexity index is 875. The molecule has 2 heterocycles. The molecule has 0 spiro atoms. The van der Waals surface area contributed by atoms with Crippen LogP contribution in [0, 0.1) is 0 Å². The molecule has 1 saturated heterocycles. The molecular formula is C22H28F2N4O3. The van der Waals surface area contributed by atoms with E-state index in [-0.39, 0.29) is 49.3 Å². The van der Waals surface area contributed by atoms with Crippen LogP contribution in [0.15, 0.2) is 36.7 Å². The van der Waals surface area contributed by atoms with Crippen molar-refractivity contribution < 1.29 is 23.1 Å². The Morgan fingerprint density at radius 3 is 2.52 bits per heavy atom. The van der Waals surface area contributed by atoms with Crippen molar-refractivity contribution >= 4 is 11.8 Å². The van der Waals surface area contributed by atoms with Crippen molar-refractivity contribution in [2.45, 2.75) is 58.2 Å². The second kappa shape index (κ2) is 10.4. The molecule has 7 nitrogen and oxygen atoms in total. The topological polar surface area (TPSA) is 76.5 Å². The van der Waals surface area contributed by atoms with E-state index in [2.05, 4.69) is 24.1 Å². The molecule has 0 bridgehead atoms. The number of hydrogen-bond acceptors (Lipinski definition) is 4. The van der Waals surface area contributed by atoms with Crippen LogP contribution in [0.1, 0.15) is 55.8 Å². The third kappa shape index (κ3) is 5.80. The van der Waals surface area contributed by atoms with Crippen LogP contribution in [-0.2, 0) is 11.2 Å². The van der Waals surface area contributed by atoms with Crippen LogP contribution in [0.5, 0.6) is 5.75 Å². The van der Waals surface area contributed by atoms with Crippen LogP contribution in [0.4, 0.5) is 8.78 Å². The highest BCUT2D eigenvalue weighted by Crippen LogP contribution is 2.23. The number of nitrogens with one attached hydrogen (secondary N) is 1. The average Bonchev–Trinajstić information content (AvgIpc) is 3.21. The number of rotatable bonds is 8. The number of benzene rings is 1. The second-order valence-corrected chi connectivity index (χ2v) is 7.78. The monoisotopic (exact) mass is 434 g/mol. The molecule has 3 rings (SSSR count). The highest BCUT2D eigenvalue weighted by molar-refractivity contribution is 5.94. The SMILES string of the molecule is CC1CCCC(C)N1C(=O)COc1ccc(C(=O)NCCc2nccn2C(F)F)cc1. The first-order valence-electron chi connectivity index (χ1n) is 10.5. The molecule has 1 aromatic carbocycles. The highest BCUT2D eigenvalue weighted by Gasteiger charge is 2.29. The molecule has 31 heavy (non-hydrogen) atoms. The maximum absolute atomic E-state index is 12.8. The Balaban J connectivity index is 1.46. The first-order valence-corrected chi connectivity index (χ1v) is 10.5. The zero-order valence-electron chi connectivity index (χ0n) is 17.8. The number of likely N-dealkylation sites (tertiary alicyclic amines) is 1. The number of nitrogens with zero attached hydrogens (tertiary/aromatic N) is 3. The van der Waals surface area contributed by atoms with Gasteiger partial charge in [0.1, 0.15) is 11.6 Å². The van der Waals surface area contributed by atoms with E-state index in [0.717, 1.165) is 23.8 Å². The molecular weight excluding hydrogens is 406 g/mol. The van der Waals surface area contributed by atoms with Crippen molar-refractivity contribution in [2.75, 3.05) is 13.2 Å². The van der Waals surface area contributed by atoms with E-state index in [1.807, 2.05) is 4.90 Å². The Morgan fingerprint density at radius 2 is 1.87 bits per heavy atom. The van der Waals surface area contributed by atoms with Gasteiger partial charge < -0.3 is 15.0 Å². The summed E-state index contributed by atoms with van der Waals surface area (Å²) in [4.78, 5) is 30.6. The van der Waals surface area contributed by atoms with Crippen LogP contribution >= 0.6 is 0 Å². The Kier molecular flexibility index (Phi) is 7.59. The molecule has 9 heteroatoms. The van der Waals surface area contributed by atoms with Gasteiger partial charge in [0, 0.05) is 43.0 Å². The van der Waals surface area contributed by atoms with Gasteiger partial charge in [-0.1, -0.05) is 0 Å². The number of halogens is 2. The fourth-order valence-electron chi connectivity index (χ4n) is 3.94. The smallest absolute Gasteiger partial charge is 0.319 e. The lowest BCUT2D eigenvalue weighted by molar-refractivity contribution is -0.139. The van der Waals surface area contributed by atoms with E-state index in [9.17, 15) is 18.4 Å². The number of carbonyl (C=O) groups is 2. The number of ether oxygens (including phenoxy) is 1. The fourth-order valence-corrected chi connectivity index (χ4v) is 3.94. The summed E-state index contributed by atoms with van der Waals surface area (Å²) in [6, 6.07) is 6.89. The van der Waals surface area contributed by atoms with E-state index in [1.165, 1.54) is 12.4 Å². The number of hydrogen-bond donors (Lipinski definition) is 1. The third-order valence-electron chi connectivity index (χ3n) is 5.55. The van der Waals surface area contributed by atoms with Crippen molar-refractivity contribution in [3.63, 3.8) is 0 Å². The maximum Gasteiger partial charge on any atom is 0.319 e. The summed E-state index contributed by atoms with van der Waals surface area (Å²) in [5, 5.41) is 2.69. The zero-order valence-corrected chi connectivity index (χ0v) is 17.8. The van der Waals surface area contributed by atoms with Crippen molar-refractivity contribution in [3.8, 4) is 5.75 Å². The summed E-state index contributed by atoms with van der Waals surface area (Å²) in [7, 11) is 0. The van der Waals surface area contributed by atoms with Crippen molar-refractivity contribution in [1.29, 1.82) is 0 Å². The third-order valence-corrected chi connectivity index (χ3v) is 5.55. The van der Waals surface area contributed by atoms with E-state index < -0.39 is 6.55 Å². The van der Waals surface area contributed by atoms with Crippen LogP contribution in [-0.4, -0.2) is 51.5 Å². The molecule has 2 amide bonds. The second-order valence-electron chi connectivity index (χ2n) is 7.78. The summed E-state index contributed by atoms with van der Waals surface area (Å²) >= 11 is 0. The van der Waals surface area contributed by atoms with Gasteiger partial charge in [-0.15, -0.1) is 0 Å². The zero-order chi connectivity index (χ0) is 22.4. The summed E-state index contributed by atoms with van der Waals surface area (Å²) in [6.45, 7) is 1.59. The number of amides is 2. The van der Waals surface area contributed by atoms with E-state index in [4.69, 9.17) is 4.74 Å². The van der Waals surface area contributed by atoms with Crippen LogP contribution < -0.4 is 10.1 Å². The van der Waals surface area contributed by atoms with E-state index >= 15 is 0 Å². The Morgan fingerprint density at radius 1 is 1.19 bits per heavy atom. The lowest BCUT2D eigenvalue weighted by Gasteiger charge is -2.38. The summed E-state index contributed by atoms with van der Waals surface area (Å²) in [5.74, 6) is 0.347. The first kappa shape index (κ1) is 22.7. The van der Waals surface area contributed by atoms with Gasteiger partial charge in [0.25, 0.3) is 11.8 Å². The van der Waals surface area contributed by atoms with Crippen molar-refractivity contribution in [2.24, 2.45) is 0 Å². The molecule has 1 aliphatic rings. The largest absolute Gasteiger partial charge is 0.484 e. The van der Waals surface area contributed by atoms with Crippen molar-refractivity contribution in [1.82, 2.24) is 19.8 Å². The summed E-state index contributed by atoms with van der Waals surface area (Å²) in [5.41, 5.74) is 0.411. The normalized spacial score (nSPS) is 18.8. The number of alkyl halides is 2. The molecule has 2 atom stereocenters. The Labute approximate surface area is 180 Å². The molecule has 1 aliphatic heterocycles. The van der Waals surface area contributed by atoms with Crippen LogP contribution in [0.3, 0.4) is 0 Å². The Hall–Kier alpha value is -2.97. The maximum atomic E-state index is 12.8. The predicted molar refractivity (Wildman–Crippen MR) is 111 cm³/mol. The number of aromatic nitrogens is 2. The molecule has 0 saturated carbocycles. The van der Waals surface area contributed by atoms with Gasteiger partial charge in [-0.25, -0.2) is 4.98 Å². The van der Waals surface area contributed by atoms with Gasteiger partial charge in [0.05, 0.1) is 0 Å². The number of carbonyl (C=O) groups excluding carboxylic acids is 2. The molecule has 168 valence electrons. The van der Waals surface area contributed by atoms with Gasteiger partial charge >= 0.3 is 6.55 Å². The van der Waals surface area contributed by atoms with Crippen LogP contribution in [0.25, 0.3) is 0 Å². The number of piperidine rings is 1.